The van der Waals surface area contributed by atoms with Crippen LogP contribution in [0.5, 0.6) is 11.5 Å². The number of methoxy groups -OCH3 is 1. The molecule has 0 aliphatic carbocycles. The Morgan fingerprint density at radius 1 is 1.23 bits per heavy atom. The maximum Gasteiger partial charge on any atom is 0.387 e. The van der Waals surface area contributed by atoms with E-state index in [1.807, 2.05) is 30.5 Å². The van der Waals surface area contributed by atoms with E-state index in [4.69, 9.17) is 4.74 Å². The summed E-state index contributed by atoms with van der Waals surface area (Å²) in [6.45, 7) is -2.52. The number of benzene rings is 2. The molecule has 3 aromatic rings. The van der Waals surface area contributed by atoms with Crippen LogP contribution < -0.4 is 14.8 Å². The van der Waals surface area contributed by atoms with E-state index in [9.17, 15) is 13.6 Å². The summed E-state index contributed by atoms with van der Waals surface area (Å²) in [5.41, 5.74) is 2.49. The molecule has 1 heterocycles. The van der Waals surface area contributed by atoms with Crippen molar-refractivity contribution in [1.82, 2.24) is 20.3 Å². The number of aromatic nitrogens is 3. The Kier molecular flexibility index (Phi) is 7.82. The molecule has 2 aromatic carbocycles. The summed E-state index contributed by atoms with van der Waals surface area (Å²) < 4.78 is 35.8. The first-order chi connectivity index (χ1) is 15.0. The smallest absolute Gasteiger partial charge is 0.387 e. The third-order valence-corrected chi connectivity index (χ3v) is 5.20. The van der Waals surface area contributed by atoms with Crippen LogP contribution in [0.2, 0.25) is 0 Å². The minimum absolute atomic E-state index is 0.0321. The van der Waals surface area contributed by atoms with Crippen molar-refractivity contribution >= 4 is 17.7 Å². The molecule has 10 heteroatoms. The molecule has 0 atom stereocenters. The van der Waals surface area contributed by atoms with E-state index in [1.165, 1.54) is 17.9 Å². The van der Waals surface area contributed by atoms with Crippen LogP contribution in [-0.2, 0) is 17.8 Å². The fourth-order valence-electron chi connectivity index (χ4n) is 2.97. The molecule has 0 aliphatic heterocycles. The Bertz CT molecular complexity index is 1030. The van der Waals surface area contributed by atoms with Crippen LogP contribution in [0.25, 0.3) is 11.3 Å². The third-order valence-electron chi connectivity index (χ3n) is 4.41. The molecule has 1 amide bonds. The molecule has 0 saturated heterocycles. The van der Waals surface area contributed by atoms with E-state index in [0.717, 1.165) is 16.0 Å². The summed E-state index contributed by atoms with van der Waals surface area (Å²) >= 11 is 1.62. The second kappa shape index (κ2) is 10.8. The number of alkyl halides is 2. The average molecular weight is 448 g/mol. The number of carbonyl (C=O) groups excluding carboxylic acids is 1. The zero-order valence-electron chi connectivity index (χ0n) is 17.0. The summed E-state index contributed by atoms with van der Waals surface area (Å²) in [6.07, 6.45) is 4.23. The zero-order chi connectivity index (χ0) is 22.2. The predicted molar refractivity (Wildman–Crippen MR) is 114 cm³/mol. The largest absolute Gasteiger partial charge is 0.493 e. The number of amides is 1. The van der Waals surface area contributed by atoms with Crippen molar-refractivity contribution in [3.8, 4) is 22.8 Å². The highest BCUT2D eigenvalue weighted by Crippen LogP contribution is 2.30. The van der Waals surface area contributed by atoms with Crippen molar-refractivity contribution in [3.05, 3.63) is 54.2 Å². The minimum Gasteiger partial charge on any atom is -0.493 e. The molecule has 0 aliphatic rings. The fraction of sp³-hybridized carbons (Fsp3) is 0.286. The molecule has 31 heavy (non-hydrogen) atoms. The van der Waals surface area contributed by atoms with Gasteiger partial charge in [-0.2, -0.15) is 8.78 Å². The number of hydrogen-bond donors (Lipinski definition) is 1. The number of hydrogen-bond acceptors (Lipinski definition) is 6. The van der Waals surface area contributed by atoms with Gasteiger partial charge in [0.15, 0.2) is 11.5 Å². The van der Waals surface area contributed by atoms with Crippen molar-refractivity contribution in [2.75, 3.05) is 19.9 Å². The van der Waals surface area contributed by atoms with Gasteiger partial charge in [-0.25, -0.2) is 4.68 Å². The van der Waals surface area contributed by atoms with E-state index in [0.29, 0.717) is 18.7 Å². The van der Waals surface area contributed by atoms with Gasteiger partial charge in [-0.1, -0.05) is 29.5 Å². The summed E-state index contributed by atoms with van der Waals surface area (Å²) in [6, 6.07) is 12.5. The first-order valence-corrected chi connectivity index (χ1v) is 10.6. The topological polar surface area (TPSA) is 78.3 Å². The van der Waals surface area contributed by atoms with Crippen LogP contribution >= 0.6 is 11.8 Å². The second-order valence-corrected chi connectivity index (χ2v) is 7.31. The highest BCUT2D eigenvalue weighted by Gasteiger charge is 2.12. The third kappa shape index (κ3) is 6.17. The highest BCUT2D eigenvalue weighted by atomic mass is 32.2. The van der Waals surface area contributed by atoms with Gasteiger partial charge in [-0.05, 0) is 36.4 Å². The van der Waals surface area contributed by atoms with Crippen molar-refractivity contribution < 1.29 is 23.0 Å². The maximum atomic E-state index is 12.4. The minimum atomic E-state index is -2.93. The van der Waals surface area contributed by atoms with Crippen LogP contribution in [0.1, 0.15) is 5.56 Å². The first kappa shape index (κ1) is 22.5. The fourth-order valence-corrected chi connectivity index (χ4v) is 3.57. The number of carbonyl (C=O) groups is 1. The quantitative estimate of drug-likeness (QED) is 0.477. The van der Waals surface area contributed by atoms with Gasteiger partial charge >= 0.3 is 6.61 Å². The first-order valence-electron chi connectivity index (χ1n) is 9.42. The standard InChI is InChI=1S/C21H22F2N4O3S/c1-29-18-11-14(7-8-17(18)30-21(22)23)9-10-24-20(28)13-27-12-16(25-26-27)15-5-3-4-6-19(15)31-2/h3-8,11-12,21H,9-10,13H2,1-2H3,(H,24,28). The monoisotopic (exact) mass is 448 g/mol. The summed E-state index contributed by atoms with van der Waals surface area (Å²) in [4.78, 5) is 13.3. The Hall–Kier alpha value is -3.14. The van der Waals surface area contributed by atoms with Crippen molar-refractivity contribution in [2.45, 2.75) is 24.5 Å². The number of ether oxygens (including phenoxy) is 2. The van der Waals surface area contributed by atoms with Crippen LogP contribution in [0.15, 0.2) is 53.6 Å². The molecule has 0 radical (unpaired) electrons. The molecule has 0 bridgehead atoms. The molecular weight excluding hydrogens is 426 g/mol. The van der Waals surface area contributed by atoms with Gasteiger partial charge in [0.05, 0.1) is 13.3 Å². The lowest BCUT2D eigenvalue weighted by atomic mass is 10.1. The lowest BCUT2D eigenvalue weighted by Crippen LogP contribution is -2.29. The van der Waals surface area contributed by atoms with Crippen molar-refractivity contribution in [3.63, 3.8) is 0 Å². The molecule has 164 valence electrons. The number of rotatable bonds is 10. The van der Waals surface area contributed by atoms with Gasteiger partial charge in [0.25, 0.3) is 0 Å². The number of halogens is 2. The van der Waals surface area contributed by atoms with Crippen LogP contribution in [-0.4, -0.2) is 47.4 Å². The second-order valence-electron chi connectivity index (χ2n) is 6.47. The van der Waals surface area contributed by atoms with E-state index in [2.05, 4.69) is 20.4 Å². The van der Waals surface area contributed by atoms with Gasteiger partial charge in [-0.3, -0.25) is 4.79 Å². The molecule has 0 unspecified atom stereocenters. The van der Waals surface area contributed by atoms with Gasteiger partial charge < -0.3 is 14.8 Å². The Labute approximate surface area is 182 Å². The van der Waals surface area contributed by atoms with E-state index in [1.54, 1.807) is 30.1 Å². The van der Waals surface area contributed by atoms with Crippen molar-refractivity contribution in [2.24, 2.45) is 0 Å². The number of nitrogens with zero attached hydrogens (tertiary/aromatic N) is 3. The van der Waals surface area contributed by atoms with E-state index < -0.39 is 6.61 Å². The average Bonchev–Trinajstić information content (AvgIpc) is 3.22. The molecular formula is C21H22F2N4O3S. The Morgan fingerprint density at radius 2 is 2.03 bits per heavy atom. The number of thioether (sulfide) groups is 1. The lowest BCUT2D eigenvalue weighted by molar-refractivity contribution is -0.121. The normalized spacial score (nSPS) is 10.9. The summed E-state index contributed by atoms with van der Waals surface area (Å²) in [7, 11) is 1.38. The molecule has 3 rings (SSSR count). The highest BCUT2D eigenvalue weighted by molar-refractivity contribution is 7.98. The van der Waals surface area contributed by atoms with Gasteiger partial charge in [0.1, 0.15) is 12.2 Å². The van der Waals surface area contributed by atoms with E-state index in [-0.39, 0.29) is 24.0 Å². The maximum absolute atomic E-state index is 12.4. The van der Waals surface area contributed by atoms with Crippen LogP contribution in [0.4, 0.5) is 8.78 Å². The van der Waals surface area contributed by atoms with Gasteiger partial charge in [0.2, 0.25) is 5.91 Å². The van der Waals surface area contributed by atoms with Crippen LogP contribution in [0.3, 0.4) is 0 Å². The molecule has 7 nitrogen and oxygen atoms in total. The molecule has 1 N–H and O–H groups in total. The van der Waals surface area contributed by atoms with E-state index >= 15 is 0 Å². The predicted octanol–water partition coefficient (Wildman–Crippen LogP) is 3.64. The molecule has 0 spiro atoms. The van der Waals surface area contributed by atoms with Crippen molar-refractivity contribution in [1.29, 1.82) is 0 Å². The van der Waals surface area contributed by atoms with Crippen LogP contribution in [0, 0.1) is 0 Å². The number of nitrogens with one attached hydrogen (secondary N) is 1. The summed E-state index contributed by atoms with van der Waals surface area (Å²) in [5.74, 6) is -0.0284. The SMILES string of the molecule is COc1cc(CCNC(=O)Cn2cc(-c3ccccc3SC)nn2)ccc1OC(F)F. The lowest BCUT2D eigenvalue weighted by Gasteiger charge is -2.11. The van der Waals surface area contributed by atoms with Gasteiger partial charge in [0, 0.05) is 17.0 Å². The zero-order valence-corrected chi connectivity index (χ0v) is 17.9. The molecule has 1 aromatic heterocycles. The summed E-state index contributed by atoms with van der Waals surface area (Å²) in [5, 5.41) is 11.0. The molecule has 0 fully saturated rings. The molecule has 0 saturated carbocycles. The van der Waals surface area contributed by atoms with Gasteiger partial charge in [-0.15, -0.1) is 16.9 Å². The Morgan fingerprint density at radius 3 is 2.77 bits per heavy atom. The Balaban J connectivity index is 1.53.